The average Bonchev–Trinajstić information content (AvgIpc) is 2.15. The molecule has 0 aromatic carbocycles. The molecule has 0 N–H and O–H groups in total. The van der Waals surface area contributed by atoms with Crippen molar-refractivity contribution in [2.45, 2.75) is 6.92 Å². The summed E-state index contributed by atoms with van der Waals surface area (Å²) in [6.45, 7) is 1.55. The number of rotatable bonds is 3. The lowest BCUT2D eigenvalue weighted by Crippen LogP contribution is -1.82. The Morgan fingerprint density at radius 2 is 2.43 bits per heavy atom. The van der Waals surface area contributed by atoms with Crippen LogP contribution < -0.4 is 0 Å². The van der Waals surface area contributed by atoms with E-state index in [0.29, 0.717) is 10.8 Å². The van der Waals surface area contributed by atoms with Crippen LogP contribution in [0.25, 0.3) is 6.08 Å². The van der Waals surface area contributed by atoms with Gasteiger partial charge in [-0.2, -0.15) is 0 Å². The van der Waals surface area contributed by atoms with E-state index < -0.39 is 0 Å². The van der Waals surface area contributed by atoms with Gasteiger partial charge in [0.15, 0.2) is 5.12 Å². The van der Waals surface area contributed by atoms with Crippen molar-refractivity contribution in [1.29, 1.82) is 0 Å². The highest BCUT2D eigenvalue weighted by Crippen LogP contribution is 2.08. The van der Waals surface area contributed by atoms with Crippen LogP contribution in [0.15, 0.2) is 24.4 Å². The Labute approximate surface area is 92.4 Å². The smallest absolute Gasteiger partial charge is 0.186 e. The first-order valence-corrected chi connectivity index (χ1v) is 5.46. The third kappa shape index (κ3) is 4.44. The van der Waals surface area contributed by atoms with Crippen LogP contribution >= 0.6 is 23.4 Å². The minimum atomic E-state index is 0.124. The molecular formula is C10H10ClNOS. The monoisotopic (exact) mass is 227 g/mol. The van der Waals surface area contributed by atoms with Crippen LogP contribution in [0.1, 0.15) is 12.6 Å². The van der Waals surface area contributed by atoms with Crippen molar-refractivity contribution < 1.29 is 4.79 Å². The van der Waals surface area contributed by atoms with E-state index in [4.69, 9.17) is 11.6 Å². The van der Waals surface area contributed by atoms with Crippen LogP contribution in [0.4, 0.5) is 0 Å². The van der Waals surface area contributed by atoms with Crippen molar-refractivity contribution in [3.8, 4) is 0 Å². The number of hydrogen-bond donors (Lipinski definition) is 0. The van der Waals surface area contributed by atoms with Crippen molar-refractivity contribution in [2.75, 3.05) is 5.75 Å². The lowest BCUT2D eigenvalue weighted by atomic mass is 10.3. The summed E-state index contributed by atoms with van der Waals surface area (Å²) in [6.07, 6.45) is 5.37. The molecule has 1 heterocycles. The zero-order chi connectivity index (χ0) is 10.4. The zero-order valence-electron chi connectivity index (χ0n) is 7.74. The molecule has 1 aromatic rings. The number of aromatic nitrogens is 1. The summed E-state index contributed by atoms with van der Waals surface area (Å²) in [5.74, 6) is 0.680. The Hall–Kier alpha value is -0.800. The minimum Gasteiger partial charge on any atom is -0.288 e. The maximum absolute atomic E-state index is 10.6. The van der Waals surface area contributed by atoms with E-state index in [1.54, 1.807) is 19.2 Å². The van der Waals surface area contributed by atoms with E-state index in [9.17, 15) is 4.79 Å². The summed E-state index contributed by atoms with van der Waals surface area (Å²) in [6, 6.07) is 3.61. The second kappa shape index (κ2) is 5.83. The van der Waals surface area contributed by atoms with Crippen LogP contribution in [0, 0.1) is 0 Å². The van der Waals surface area contributed by atoms with Crippen molar-refractivity contribution >= 4 is 34.6 Å². The predicted octanol–water partition coefficient (Wildman–Crippen LogP) is 3.03. The summed E-state index contributed by atoms with van der Waals surface area (Å²) in [4.78, 5) is 14.7. The molecule has 0 aliphatic heterocycles. The van der Waals surface area contributed by atoms with E-state index in [1.807, 2.05) is 18.2 Å². The quantitative estimate of drug-likeness (QED) is 0.795. The molecule has 1 aromatic heterocycles. The van der Waals surface area contributed by atoms with Gasteiger partial charge in [0, 0.05) is 18.9 Å². The number of pyridine rings is 1. The largest absolute Gasteiger partial charge is 0.288 e. The molecule has 0 atom stereocenters. The first kappa shape index (κ1) is 11.3. The van der Waals surface area contributed by atoms with Gasteiger partial charge in [-0.3, -0.25) is 9.78 Å². The van der Waals surface area contributed by atoms with E-state index >= 15 is 0 Å². The van der Waals surface area contributed by atoms with Gasteiger partial charge in [-0.1, -0.05) is 29.4 Å². The lowest BCUT2D eigenvalue weighted by molar-refractivity contribution is -0.109. The molecule has 74 valence electrons. The molecule has 0 saturated heterocycles. The van der Waals surface area contributed by atoms with Crippen molar-refractivity contribution in [3.63, 3.8) is 0 Å². The molecule has 0 aliphatic rings. The molecule has 0 unspecified atom stereocenters. The standard InChI is InChI=1S/C10H10ClNOS/c1-8(13)14-6-2-3-10-5-4-9(11)7-12-10/h2-5,7H,6H2,1H3. The van der Waals surface area contributed by atoms with E-state index in [-0.39, 0.29) is 5.12 Å². The Balaban J connectivity index is 2.44. The topological polar surface area (TPSA) is 30.0 Å². The lowest BCUT2D eigenvalue weighted by Gasteiger charge is -1.92. The number of carbonyl (C=O) groups is 1. The van der Waals surface area contributed by atoms with Crippen LogP contribution in [0.5, 0.6) is 0 Å². The fourth-order valence-electron chi connectivity index (χ4n) is 0.820. The number of thioether (sulfide) groups is 1. The van der Waals surface area contributed by atoms with Gasteiger partial charge in [-0.25, -0.2) is 0 Å². The van der Waals surface area contributed by atoms with Crippen molar-refractivity contribution in [1.82, 2.24) is 4.98 Å². The van der Waals surface area contributed by atoms with Crippen LogP contribution in [0.3, 0.4) is 0 Å². The van der Waals surface area contributed by atoms with Gasteiger partial charge in [0.2, 0.25) is 0 Å². The van der Waals surface area contributed by atoms with Gasteiger partial charge in [0.25, 0.3) is 0 Å². The first-order valence-electron chi connectivity index (χ1n) is 4.10. The van der Waals surface area contributed by atoms with E-state index in [2.05, 4.69) is 4.98 Å². The third-order valence-corrected chi connectivity index (χ3v) is 2.41. The van der Waals surface area contributed by atoms with Gasteiger partial charge in [0.1, 0.15) is 0 Å². The summed E-state index contributed by atoms with van der Waals surface area (Å²) >= 11 is 6.95. The molecule has 0 radical (unpaired) electrons. The van der Waals surface area contributed by atoms with Crippen LogP contribution in [0.2, 0.25) is 5.02 Å². The molecule has 0 saturated carbocycles. The molecule has 0 spiro atoms. The Kier molecular flexibility index (Phi) is 4.70. The Morgan fingerprint density at radius 1 is 1.64 bits per heavy atom. The number of nitrogens with zero attached hydrogens (tertiary/aromatic N) is 1. The van der Waals surface area contributed by atoms with Gasteiger partial charge in [0.05, 0.1) is 10.7 Å². The molecule has 0 aliphatic carbocycles. The number of carbonyl (C=O) groups excluding carboxylic acids is 1. The fraction of sp³-hybridized carbons (Fsp3) is 0.200. The molecular weight excluding hydrogens is 218 g/mol. The Bertz CT molecular complexity index is 334. The van der Waals surface area contributed by atoms with Gasteiger partial charge < -0.3 is 0 Å². The summed E-state index contributed by atoms with van der Waals surface area (Å²) in [5, 5.41) is 0.749. The fourth-order valence-corrected chi connectivity index (χ4v) is 1.36. The van der Waals surface area contributed by atoms with E-state index in [1.165, 1.54) is 11.8 Å². The van der Waals surface area contributed by atoms with Crippen LogP contribution in [-0.4, -0.2) is 15.9 Å². The molecule has 14 heavy (non-hydrogen) atoms. The first-order chi connectivity index (χ1) is 6.68. The summed E-state index contributed by atoms with van der Waals surface area (Å²) in [5.41, 5.74) is 0.846. The molecule has 2 nitrogen and oxygen atoms in total. The third-order valence-electron chi connectivity index (χ3n) is 1.42. The van der Waals surface area contributed by atoms with Gasteiger partial charge in [-0.15, -0.1) is 0 Å². The molecule has 1 rings (SSSR count). The SMILES string of the molecule is CC(=O)SCC=Cc1ccc(Cl)cn1. The minimum absolute atomic E-state index is 0.124. The highest BCUT2D eigenvalue weighted by molar-refractivity contribution is 8.13. The summed E-state index contributed by atoms with van der Waals surface area (Å²) < 4.78 is 0. The highest BCUT2D eigenvalue weighted by atomic mass is 35.5. The van der Waals surface area contributed by atoms with E-state index in [0.717, 1.165) is 5.69 Å². The van der Waals surface area contributed by atoms with Gasteiger partial charge in [-0.05, 0) is 18.2 Å². The Morgan fingerprint density at radius 3 is 3.00 bits per heavy atom. The second-order valence-corrected chi connectivity index (χ2v) is 4.24. The molecule has 4 heteroatoms. The normalized spacial score (nSPS) is 10.7. The maximum Gasteiger partial charge on any atom is 0.186 e. The highest BCUT2D eigenvalue weighted by Gasteiger charge is 1.91. The summed E-state index contributed by atoms with van der Waals surface area (Å²) in [7, 11) is 0. The second-order valence-electron chi connectivity index (χ2n) is 2.61. The zero-order valence-corrected chi connectivity index (χ0v) is 9.31. The van der Waals surface area contributed by atoms with Gasteiger partial charge >= 0.3 is 0 Å². The molecule has 0 bridgehead atoms. The maximum atomic E-state index is 10.6. The molecule has 0 fully saturated rings. The number of hydrogen-bond acceptors (Lipinski definition) is 3. The van der Waals surface area contributed by atoms with Crippen molar-refractivity contribution in [3.05, 3.63) is 35.1 Å². The number of halogens is 1. The van der Waals surface area contributed by atoms with Crippen molar-refractivity contribution in [2.24, 2.45) is 0 Å². The molecule has 0 amide bonds. The average molecular weight is 228 g/mol. The predicted molar refractivity (Wildman–Crippen MR) is 61.4 cm³/mol. The van der Waals surface area contributed by atoms with Crippen LogP contribution in [-0.2, 0) is 4.79 Å².